The van der Waals surface area contributed by atoms with Crippen molar-refractivity contribution in [2.24, 2.45) is 5.92 Å². The zero-order valence-electron chi connectivity index (χ0n) is 10.7. The van der Waals surface area contributed by atoms with Crippen molar-refractivity contribution in [3.05, 3.63) is 0 Å². The van der Waals surface area contributed by atoms with Gasteiger partial charge in [-0.2, -0.15) is 0 Å². The van der Waals surface area contributed by atoms with E-state index in [2.05, 4.69) is 5.32 Å². The summed E-state index contributed by atoms with van der Waals surface area (Å²) in [6.07, 6.45) is 2.62. The topological polar surface area (TPSA) is 50.7 Å². The Hall–Kier alpha value is -0.160. The number of rotatable bonds is 9. The summed E-state index contributed by atoms with van der Waals surface area (Å²) in [7, 11) is 1.89. The van der Waals surface area contributed by atoms with Crippen LogP contribution in [0.3, 0.4) is 0 Å². The molecular weight excluding hydrogens is 206 g/mol. The highest BCUT2D eigenvalue weighted by atomic mass is 16.5. The monoisotopic (exact) mass is 231 g/mol. The van der Waals surface area contributed by atoms with Gasteiger partial charge in [0, 0.05) is 0 Å². The molecule has 4 nitrogen and oxygen atoms in total. The maximum atomic E-state index is 9.46. The average Bonchev–Trinajstić information content (AvgIpc) is 3.08. The molecule has 2 N–H and O–H groups in total. The Kier molecular flexibility index (Phi) is 5.69. The first kappa shape index (κ1) is 13.9. The highest BCUT2D eigenvalue weighted by molar-refractivity contribution is 5.00. The Bertz CT molecular complexity index is 189. The molecule has 16 heavy (non-hydrogen) atoms. The van der Waals surface area contributed by atoms with Crippen LogP contribution in [0.4, 0.5) is 0 Å². The number of aliphatic hydroxyl groups excluding tert-OH is 1. The van der Waals surface area contributed by atoms with E-state index in [1.165, 1.54) is 12.8 Å². The summed E-state index contributed by atoms with van der Waals surface area (Å²) in [5.74, 6) is 0.563. The third-order valence-electron chi connectivity index (χ3n) is 3.18. The third kappa shape index (κ3) is 4.01. The Morgan fingerprint density at radius 3 is 2.50 bits per heavy atom. The molecule has 1 aliphatic carbocycles. The fraction of sp³-hybridized carbons (Fsp3) is 1.00. The minimum atomic E-state index is -0.238. The normalized spacial score (nSPS) is 20.1. The highest BCUT2D eigenvalue weighted by Gasteiger charge is 2.43. The molecule has 1 fully saturated rings. The van der Waals surface area contributed by atoms with E-state index >= 15 is 0 Å². The number of aliphatic hydroxyl groups is 1. The Balaban J connectivity index is 2.17. The minimum Gasteiger partial charge on any atom is -0.394 e. The van der Waals surface area contributed by atoms with Crippen molar-refractivity contribution < 1.29 is 14.6 Å². The van der Waals surface area contributed by atoms with Crippen molar-refractivity contribution in [3.8, 4) is 0 Å². The summed E-state index contributed by atoms with van der Waals surface area (Å²) in [4.78, 5) is 0. The lowest BCUT2D eigenvalue weighted by Gasteiger charge is -2.31. The number of nitrogens with one attached hydrogen (secondary N) is 1. The molecule has 0 aliphatic heterocycles. The minimum absolute atomic E-state index is 0.138. The van der Waals surface area contributed by atoms with Crippen LogP contribution in [0.2, 0.25) is 0 Å². The molecule has 0 heterocycles. The first-order valence-electron chi connectivity index (χ1n) is 6.13. The standard InChI is InChI=1S/C12H25NO3/c1-10(2)16-7-6-15-9-12(8-14,13-3)11-4-5-11/h10-11,13-14H,4-9H2,1-3H3. The van der Waals surface area contributed by atoms with Gasteiger partial charge in [0.15, 0.2) is 0 Å². The van der Waals surface area contributed by atoms with E-state index in [0.717, 1.165) is 0 Å². The van der Waals surface area contributed by atoms with Gasteiger partial charge in [-0.15, -0.1) is 0 Å². The Morgan fingerprint density at radius 2 is 2.06 bits per heavy atom. The lowest BCUT2D eigenvalue weighted by molar-refractivity contribution is -0.0148. The van der Waals surface area contributed by atoms with Crippen molar-refractivity contribution in [3.63, 3.8) is 0 Å². The molecule has 4 heteroatoms. The maximum absolute atomic E-state index is 9.46. The first-order chi connectivity index (χ1) is 7.64. The fourth-order valence-corrected chi connectivity index (χ4v) is 1.88. The molecular formula is C12H25NO3. The number of hydrogen-bond donors (Lipinski definition) is 2. The molecule has 0 bridgehead atoms. The van der Waals surface area contributed by atoms with Gasteiger partial charge in [-0.05, 0) is 39.7 Å². The smallest absolute Gasteiger partial charge is 0.0703 e. The van der Waals surface area contributed by atoms with Crippen LogP contribution in [-0.4, -0.2) is 50.2 Å². The molecule has 1 rings (SSSR count). The van der Waals surface area contributed by atoms with E-state index in [1.807, 2.05) is 20.9 Å². The predicted octanol–water partition coefficient (Wildman–Crippen LogP) is 0.788. The molecule has 1 saturated carbocycles. The van der Waals surface area contributed by atoms with E-state index in [4.69, 9.17) is 9.47 Å². The molecule has 0 aromatic rings. The van der Waals surface area contributed by atoms with Crippen LogP contribution >= 0.6 is 0 Å². The van der Waals surface area contributed by atoms with Gasteiger partial charge in [0.05, 0.1) is 38.1 Å². The van der Waals surface area contributed by atoms with Crippen molar-refractivity contribution in [1.29, 1.82) is 0 Å². The summed E-state index contributed by atoms with van der Waals surface area (Å²) in [6.45, 7) is 5.93. The second-order valence-electron chi connectivity index (χ2n) is 4.81. The molecule has 0 radical (unpaired) electrons. The van der Waals surface area contributed by atoms with Crippen LogP contribution in [0, 0.1) is 5.92 Å². The van der Waals surface area contributed by atoms with Gasteiger partial charge in [0.1, 0.15) is 0 Å². The third-order valence-corrected chi connectivity index (χ3v) is 3.18. The van der Waals surface area contributed by atoms with Crippen molar-refractivity contribution in [2.45, 2.75) is 38.3 Å². The highest BCUT2D eigenvalue weighted by Crippen LogP contribution is 2.39. The van der Waals surface area contributed by atoms with Crippen molar-refractivity contribution >= 4 is 0 Å². The first-order valence-corrected chi connectivity index (χ1v) is 6.13. The SMILES string of the molecule is CNC(CO)(COCCOC(C)C)C1CC1. The van der Waals surface area contributed by atoms with E-state index in [1.54, 1.807) is 0 Å². The van der Waals surface area contributed by atoms with Crippen LogP contribution in [0.1, 0.15) is 26.7 Å². The second kappa shape index (κ2) is 6.55. The fourth-order valence-electron chi connectivity index (χ4n) is 1.88. The molecule has 0 aromatic carbocycles. The van der Waals surface area contributed by atoms with Gasteiger partial charge in [-0.3, -0.25) is 0 Å². The number of hydrogen-bond acceptors (Lipinski definition) is 4. The lowest BCUT2D eigenvalue weighted by Crippen LogP contribution is -2.52. The van der Waals surface area contributed by atoms with Crippen LogP contribution in [0.15, 0.2) is 0 Å². The van der Waals surface area contributed by atoms with Gasteiger partial charge in [0.25, 0.3) is 0 Å². The van der Waals surface area contributed by atoms with Crippen LogP contribution < -0.4 is 5.32 Å². The summed E-state index contributed by atoms with van der Waals surface area (Å²) < 4.78 is 11.0. The summed E-state index contributed by atoms with van der Waals surface area (Å²) >= 11 is 0. The maximum Gasteiger partial charge on any atom is 0.0703 e. The van der Waals surface area contributed by atoms with Crippen molar-refractivity contribution in [1.82, 2.24) is 5.32 Å². The van der Waals surface area contributed by atoms with Crippen LogP contribution in [0.25, 0.3) is 0 Å². The zero-order valence-corrected chi connectivity index (χ0v) is 10.7. The molecule has 0 saturated heterocycles. The van der Waals surface area contributed by atoms with Gasteiger partial charge >= 0.3 is 0 Å². The van der Waals surface area contributed by atoms with Crippen LogP contribution in [-0.2, 0) is 9.47 Å². The zero-order chi connectivity index (χ0) is 12.0. The second-order valence-corrected chi connectivity index (χ2v) is 4.81. The Morgan fingerprint density at radius 1 is 1.38 bits per heavy atom. The van der Waals surface area contributed by atoms with E-state index < -0.39 is 0 Å². The summed E-state index contributed by atoms with van der Waals surface area (Å²) in [6, 6.07) is 0. The molecule has 0 amide bonds. The van der Waals surface area contributed by atoms with Gasteiger partial charge in [-0.25, -0.2) is 0 Å². The molecule has 1 atom stereocenters. The van der Waals surface area contributed by atoms with Gasteiger partial charge in [0.2, 0.25) is 0 Å². The molecule has 1 unspecified atom stereocenters. The molecule has 0 aromatic heterocycles. The molecule has 96 valence electrons. The van der Waals surface area contributed by atoms with E-state index in [-0.39, 0.29) is 18.2 Å². The quantitative estimate of drug-likeness (QED) is 0.576. The summed E-state index contributed by atoms with van der Waals surface area (Å²) in [5.41, 5.74) is -0.238. The lowest BCUT2D eigenvalue weighted by atomic mass is 9.96. The Labute approximate surface area is 98.3 Å². The van der Waals surface area contributed by atoms with Crippen LogP contribution in [0.5, 0.6) is 0 Å². The number of likely N-dealkylation sites (N-methyl/N-ethyl adjacent to an activating group) is 1. The van der Waals surface area contributed by atoms with Gasteiger partial charge in [-0.1, -0.05) is 0 Å². The van der Waals surface area contributed by atoms with E-state index in [9.17, 15) is 5.11 Å². The average molecular weight is 231 g/mol. The molecule has 1 aliphatic rings. The van der Waals surface area contributed by atoms with E-state index in [0.29, 0.717) is 25.7 Å². The molecule has 0 spiro atoms. The van der Waals surface area contributed by atoms with Gasteiger partial charge < -0.3 is 19.9 Å². The number of ether oxygens (including phenoxy) is 2. The largest absolute Gasteiger partial charge is 0.394 e. The van der Waals surface area contributed by atoms with Crippen molar-refractivity contribution in [2.75, 3.05) is 33.5 Å². The predicted molar refractivity (Wildman–Crippen MR) is 63.5 cm³/mol. The summed E-state index contributed by atoms with van der Waals surface area (Å²) in [5, 5.41) is 12.7.